The molecule has 0 saturated carbocycles. The number of carboxylic acid groups (broad SMARTS) is 1. The van der Waals surface area contributed by atoms with Crippen molar-refractivity contribution in [1.29, 1.82) is 0 Å². The van der Waals surface area contributed by atoms with Crippen LogP contribution in [0.5, 0.6) is 0 Å². The Bertz CT molecular complexity index is 472. The number of rotatable bonds is 12. The number of carbonyl (C=O) groups is 5. The van der Waals surface area contributed by atoms with E-state index in [0.29, 0.717) is 6.29 Å². The molecule has 0 aromatic heterocycles. The van der Waals surface area contributed by atoms with Gasteiger partial charge in [0.05, 0.1) is 18.9 Å². The summed E-state index contributed by atoms with van der Waals surface area (Å²) in [5.41, 5.74) is 5.37. The highest BCUT2D eigenvalue weighted by Gasteiger charge is 2.22. The zero-order valence-electron chi connectivity index (χ0n) is 13.1. The summed E-state index contributed by atoms with van der Waals surface area (Å²) in [6, 6.07) is -1.80. The van der Waals surface area contributed by atoms with Gasteiger partial charge in [-0.3, -0.25) is 19.2 Å². The van der Waals surface area contributed by atoms with Crippen molar-refractivity contribution in [2.75, 3.05) is 25.2 Å². The monoisotopic (exact) mass is 363 g/mol. The van der Waals surface area contributed by atoms with Crippen LogP contribution in [0.1, 0.15) is 12.8 Å². The number of methoxy groups -OCH3 is 1. The molecule has 136 valence electrons. The normalized spacial score (nSPS) is 12.6. The van der Waals surface area contributed by atoms with E-state index in [1.54, 1.807) is 0 Å². The highest BCUT2D eigenvalue weighted by Crippen LogP contribution is 2.05. The number of carbonyl (C=O) groups excluding carboxylic acids is 4. The standard InChI is InChI=1S/C13H21N3O7S/c1-23-12(21)7-24-6-9(13(22)15-4-11(19)20)16-10(18)3-2-8(14)5-17/h5,8-9H,2-4,6-7,14H2,1H3,(H,15,22)(H,16,18)(H,19,20). The number of carboxylic acids is 1. The van der Waals surface area contributed by atoms with Crippen LogP contribution in [-0.2, 0) is 28.7 Å². The Morgan fingerprint density at radius 3 is 2.54 bits per heavy atom. The van der Waals surface area contributed by atoms with Gasteiger partial charge < -0.3 is 31.0 Å². The fourth-order valence-corrected chi connectivity index (χ4v) is 2.29. The van der Waals surface area contributed by atoms with Crippen LogP contribution >= 0.6 is 11.8 Å². The lowest BCUT2D eigenvalue weighted by Gasteiger charge is -2.17. The molecular weight excluding hydrogens is 342 g/mol. The van der Waals surface area contributed by atoms with E-state index >= 15 is 0 Å². The number of thioether (sulfide) groups is 1. The molecule has 0 rings (SSSR count). The molecule has 0 aliphatic heterocycles. The second-order valence-electron chi connectivity index (χ2n) is 4.66. The van der Waals surface area contributed by atoms with Gasteiger partial charge >= 0.3 is 11.9 Å². The van der Waals surface area contributed by atoms with Crippen LogP contribution in [-0.4, -0.2) is 72.4 Å². The molecule has 0 saturated heterocycles. The molecule has 0 aromatic rings. The fourth-order valence-electron chi connectivity index (χ4n) is 1.42. The lowest BCUT2D eigenvalue weighted by molar-refractivity contribution is -0.138. The summed E-state index contributed by atoms with van der Waals surface area (Å²) in [7, 11) is 1.22. The smallest absolute Gasteiger partial charge is 0.322 e. The molecule has 0 fully saturated rings. The van der Waals surface area contributed by atoms with Gasteiger partial charge in [-0.15, -0.1) is 11.8 Å². The highest BCUT2D eigenvalue weighted by atomic mass is 32.2. The Hall–Kier alpha value is -2.14. The van der Waals surface area contributed by atoms with Crippen molar-refractivity contribution < 1.29 is 33.8 Å². The summed E-state index contributed by atoms with van der Waals surface area (Å²) in [4.78, 5) is 55.7. The summed E-state index contributed by atoms with van der Waals surface area (Å²) in [6.07, 6.45) is 0.564. The van der Waals surface area contributed by atoms with Gasteiger partial charge in [0, 0.05) is 12.2 Å². The minimum atomic E-state index is -1.23. The van der Waals surface area contributed by atoms with Gasteiger partial charge in [-0.2, -0.15) is 0 Å². The Morgan fingerprint density at radius 2 is 2.00 bits per heavy atom. The summed E-state index contributed by atoms with van der Waals surface area (Å²) < 4.78 is 4.46. The summed E-state index contributed by atoms with van der Waals surface area (Å²) in [5.74, 6) is -2.90. The molecule has 0 radical (unpaired) electrons. The number of hydrogen-bond acceptors (Lipinski definition) is 8. The lowest BCUT2D eigenvalue weighted by Crippen LogP contribution is -2.49. The highest BCUT2D eigenvalue weighted by molar-refractivity contribution is 8.00. The summed E-state index contributed by atoms with van der Waals surface area (Å²) in [6.45, 7) is -0.594. The molecule has 2 unspecified atom stereocenters. The number of aldehydes is 1. The van der Waals surface area contributed by atoms with E-state index in [1.807, 2.05) is 0 Å². The van der Waals surface area contributed by atoms with Gasteiger partial charge in [0.1, 0.15) is 18.9 Å². The molecule has 0 aliphatic carbocycles. The Labute approximate surface area is 142 Å². The van der Waals surface area contributed by atoms with E-state index in [9.17, 15) is 24.0 Å². The third kappa shape index (κ3) is 10.6. The average Bonchev–Trinajstić information content (AvgIpc) is 2.56. The number of esters is 1. The van der Waals surface area contributed by atoms with E-state index in [1.165, 1.54) is 7.11 Å². The van der Waals surface area contributed by atoms with Crippen LogP contribution in [0.25, 0.3) is 0 Å². The first-order chi connectivity index (χ1) is 11.3. The van der Waals surface area contributed by atoms with Crippen LogP contribution in [0, 0.1) is 0 Å². The Balaban J connectivity index is 4.56. The van der Waals surface area contributed by atoms with E-state index in [0.717, 1.165) is 11.8 Å². The fraction of sp³-hybridized carbons (Fsp3) is 0.615. The van der Waals surface area contributed by atoms with Crippen LogP contribution in [0.2, 0.25) is 0 Å². The maximum Gasteiger partial charge on any atom is 0.322 e. The molecule has 0 heterocycles. The Kier molecular flexibility index (Phi) is 11.2. The van der Waals surface area contributed by atoms with Crippen molar-refractivity contribution in [3.63, 3.8) is 0 Å². The minimum absolute atomic E-state index is 0.0227. The van der Waals surface area contributed by atoms with Gasteiger partial charge in [-0.05, 0) is 6.42 Å². The quantitative estimate of drug-likeness (QED) is 0.224. The maximum atomic E-state index is 11.9. The van der Waals surface area contributed by atoms with E-state index in [2.05, 4.69) is 15.4 Å². The number of aliphatic carboxylic acids is 1. The number of ether oxygens (including phenoxy) is 1. The third-order valence-electron chi connectivity index (χ3n) is 2.68. The molecule has 2 atom stereocenters. The second kappa shape index (κ2) is 12.3. The van der Waals surface area contributed by atoms with Gasteiger partial charge in [0.25, 0.3) is 0 Å². The maximum absolute atomic E-state index is 11.9. The molecule has 5 N–H and O–H groups in total. The van der Waals surface area contributed by atoms with Crippen molar-refractivity contribution in [2.45, 2.75) is 24.9 Å². The first-order valence-corrected chi connectivity index (χ1v) is 8.09. The third-order valence-corrected chi connectivity index (χ3v) is 3.69. The molecule has 2 amide bonds. The zero-order valence-corrected chi connectivity index (χ0v) is 14.0. The van der Waals surface area contributed by atoms with Gasteiger partial charge in [0.2, 0.25) is 11.8 Å². The topological polar surface area (TPSA) is 165 Å². The van der Waals surface area contributed by atoms with Crippen LogP contribution < -0.4 is 16.4 Å². The van der Waals surface area contributed by atoms with Crippen molar-refractivity contribution in [3.8, 4) is 0 Å². The lowest BCUT2D eigenvalue weighted by atomic mass is 10.2. The Morgan fingerprint density at radius 1 is 1.33 bits per heavy atom. The van der Waals surface area contributed by atoms with Gasteiger partial charge in [0.15, 0.2) is 0 Å². The number of hydrogen-bond donors (Lipinski definition) is 4. The predicted molar refractivity (Wildman–Crippen MR) is 85.2 cm³/mol. The first-order valence-electron chi connectivity index (χ1n) is 6.94. The molecule has 0 aliphatic rings. The van der Waals surface area contributed by atoms with E-state index in [4.69, 9.17) is 10.8 Å². The van der Waals surface area contributed by atoms with Crippen molar-refractivity contribution in [1.82, 2.24) is 10.6 Å². The SMILES string of the molecule is COC(=O)CSCC(NC(=O)CCC(N)C=O)C(=O)NCC(=O)O. The van der Waals surface area contributed by atoms with Crippen LogP contribution in [0.3, 0.4) is 0 Å². The van der Waals surface area contributed by atoms with Gasteiger partial charge in [-0.25, -0.2) is 0 Å². The average molecular weight is 363 g/mol. The summed E-state index contributed by atoms with van der Waals surface area (Å²) >= 11 is 1.05. The predicted octanol–water partition coefficient (Wildman–Crippen LogP) is -2.12. The molecule has 0 spiro atoms. The van der Waals surface area contributed by atoms with Crippen molar-refractivity contribution in [2.24, 2.45) is 5.73 Å². The summed E-state index contributed by atoms with van der Waals surface area (Å²) in [5, 5.41) is 13.1. The van der Waals surface area contributed by atoms with Crippen LogP contribution in [0.4, 0.5) is 0 Å². The van der Waals surface area contributed by atoms with Crippen molar-refractivity contribution >= 4 is 41.8 Å². The largest absolute Gasteiger partial charge is 0.480 e. The molecule has 10 nitrogen and oxygen atoms in total. The number of nitrogens with two attached hydrogens (primary N) is 1. The molecule has 24 heavy (non-hydrogen) atoms. The second-order valence-corrected chi connectivity index (χ2v) is 5.69. The van der Waals surface area contributed by atoms with Crippen molar-refractivity contribution in [3.05, 3.63) is 0 Å². The molecule has 0 aromatic carbocycles. The zero-order chi connectivity index (χ0) is 18.5. The van der Waals surface area contributed by atoms with Crippen LogP contribution in [0.15, 0.2) is 0 Å². The molecule has 11 heteroatoms. The number of nitrogens with one attached hydrogen (secondary N) is 2. The minimum Gasteiger partial charge on any atom is -0.480 e. The number of amides is 2. The van der Waals surface area contributed by atoms with E-state index in [-0.39, 0.29) is 24.3 Å². The first kappa shape index (κ1) is 21.9. The molecular formula is C13H21N3O7S. The molecule has 0 bridgehead atoms. The van der Waals surface area contributed by atoms with Gasteiger partial charge in [-0.1, -0.05) is 0 Å². The van der Waals surface area contributed by atoms with E-state index < -0.39 is 42.4 Å².